The predicted molar refractivity (Wildman–Crippen MR) is 103 cm³/mol. The smallest absolute Gasteiger partial charge is 0.295 e. The van der Waals surface area contributed by atoms with Gasteiger partial charge in [-0.25, -0.2) is 4.98 Å². The van der Waals surface area contributed by atoms with Gasteiger partial charge in [-0.3, -0.25) is 4.79 Å². The van der Waals surface area contributed by atoms with Gasteiger partial charge in [0.05, 0.1) is 22.9 Å². The number of rotatable bonds is 3. The van der Waals surface area contributed by atoms with E-state index in [1.807, 2.05) is 35.9 Å². The van der Waals surface area contributed by atoms with Crippen molar-refractivity contribution in [1.29, 1.82) is 0 Å². The maximum atomic E-state index is 12.9. The normalized spacial score (nSPS) is 15.7. The van der Waals surface area contributed by atoms with Crippen LogP contribution in [-0.4, -0.2) is 57.0 Å². The Bertz CT molecular complexity index is 1000. The Morgan fingerprint density at radius 1 is 1.15 bits per heavy atom. The van der Waals surface area contributed by atoms with E-state index < -0.39 is 0 Å². The second-order valence-corrected chi connectivity index (χ2v) is 6.82. The lowest BCUT2D eigenvalue weighted by Crippen LogP contribution is -2.46. The third kappa shape index (κ3) is 2.77. The van der Waals surface area contributed by atoms with E-state index in [2.05, 4.69) is 26.8 Å². The van der Waals surface area contributed by atoms with E-state index in [9.17, 15) is 4.79 Å². The van der Waals surface area contributed by atoms with Gasteiger partial charge in [-0.15, -0.1) is 0 Å². The lowest BCUT2D eigenvalue weighted by molar-refractivity contribution is 0.271. The fraction of sp³-hybridized carbons (Fsp3) is 0.389. The number of hydrogen-bond acceptors (Lipinski definition) is 5. The molecule has 0 amide bonds. The van der Waals surface area contributed by atoms with E-state index in [-0.39, 0.29) is 10.6 Å². The molecule has 0 atom stereocenters. The lowest BCUT2D eigenvalue weighted by Gasteiger charge is -2.35. The quantitative estimate of drug-likeness (QED) is 0.703. The summed E-state index contributed by atoms with van der Waals surface area (Å²) in [5, 5.41) is 4.55. The Morgan fingerprint density at radius 2 is 1.88 bits per heavy atom. The van der Waals surface area contributed by atoms with Crippen LogP contribution in [0.5, 0.6) is 0 Å². The van der Waals surface area contributed by atoms with Gasteiger partial charge in [-0.1, -0.05) is 30.7 Å². The molecule has 1 fully saturated rings. The van der Waals surface area contributed by atoms with Gasteiger partial charge in [0.1, 0.15) is 5.02 Å². The zero-order chi connectivity index (χ0) is 18.3. The predicted octanol–water partition coefficient (Wildman–Crippen LogP) is 1.91. The number of aromatic nitrogens is 4. The van der Waals surface area contributed by atoms with Crippen LogP contribution in [0.15, 0.2) is 35.3 Å². The second-order valence-electron chi connectivity index (χ2n) is 6.44. The molecule has 4 rings (SSSR count). The maximum Gasteiger partial charge on any atom is 0.295 e. The molecular weight excluding hydrogens is 352 g/mol. The van der Waals surface area contributed by atoms with Crippen LogP contribution in [-0.2, 0) is 7.05 Å². The molecule has 2 aromatic heterocycles. The van der Waals surface area contributed by atoms with Crippen molar-refractivity contribution in [2.45, 2.75) is 6.92 Å². The molecule has 0 radical (unpaired) electrons. The minimum atomic E-state index is -0.347. The van der Waals surface area contributed by atoms with Crippen LogP contribution in [0.1, 0.15) is 6.92 Å². The fourth-order valence-corrected chi connectivity index (χ4v) is 3.66. The van der Waals surface area contributed by atoms with Gasteiger partial charge in [0.25, 0.3) is 5.56 Å². The van der Waals surface area contributed by atoms with Crippen molar-refractivity contribution in [2.24, 2.45) is 7.05 Å². The molecule has 26 heavy (non-hydrogen) atoms. The number of imidazole rings is 1. The van der Waals surface area contributed by atoms with Crippen molar-refractivity contribution in [3.05, 3.63) is 45.8 Å². The highest BCUT2D eigenvalue weighted by Gasteiger charge is 2.22. The number of para-hydroxylation sites is 2. The van der Waals surface area contributed by atoms with Crippen LogP contribution < -0.4 is 10.5 Å². The highest BCUT2D eigenvalue weighted by Crippen LogP contribution is 2.23. The van der Waals surface area contributed by atoms with Crippen LogP contribution >= 0.6 is 11.6 Å². The maximum absolute atomic E-state index is 12.9. The summed E-state index contributed by atoms with van der Waals surface area (Å²) < 4.78 is 3.12. The molecule has 3 heterocycles. The van der Waals surface area contributed by atoms with E-state index in [1.54, 1.807) is 6.20 Å². The molecule has 0 aliphatic carbocycles. The second kappa shape index (κ2) is 6.74. The molecule has 0 N–H and O–H groups in total. The summed E-state index contributed by atoms with van der Waals surface area (Å²) in [5.74, 6) is 0.459. The number of benzene rings is 1. The van der Waals surface area contributed by atoms with E-state index >= 15 is 0 Å². The first kappa shape index (κ1) is 17.1. The minimum Gasteiger partial charge on any atom is -0.366 e. The van der Waals surface area contributed by atoms with E-state index in [0.717, 1.165) is 43.8 Å². The monoisotopic (exact) mass is 372 g/mol. The average molecular weight is 373 g/mol. The first-order valence-electron chi connectivity index (χ1n) is 8.77. The number of aryl methyl sites for hydroxylation is 1. The van der Waals surface area contributed by atoms with Crippen molar-refractivity contribution >= 4 is 28.3 Å². The summed E-state index contributed by atoms with van der Waals surface area (Å²) in [6.45, 7) is 6.79. The van der Waals surface area contributed by atoms with Crippen molar-refractivity contribution < 1.29 is 0 Å². The topological polar surface area (TPSA) is 59.2 Å². The van der Waals surface area contributed by atoms with Crippen LogP contribution in [0.4, 0.5) is 5.69 Å². The number of likely N-dealkylation sites (N-methyl/N-ethyl adjacent to an activating group) is 1. The molecule has 3 aromatic rings. The highest BCUT2D eigenvalue weighted by atomic mass is 35.5. The molecule has 0 saturated carbocycles. The number of fused-ring (bicyclic) bond motifs is 1. The average Bonchev–Trinajstić information content (AvgIpc) is 3.01. The van der Waals surface area contributed by atoms with Crippen molar-refractivity contribution in [1.82, 2.24) is 24.2 Å². The first-order valence-corrected chi connectivity index (χ1v) is 9.15. The highest BCUT2D eigenvalue weighted by molar-refractivity contribution is 6.33. The van der Waals surface area contributed by atoms with Crippen molar-refractivity contribution in [3.63, 3.8) is 0 Å². The fourth-order valence-electron chi connectivity index (χ4n) is 3.41. The number of piperazine rings is 1. The molecule has 136 valence electrons. The molecule has 7 nitrogen and oxygen atoms in total. The van der Waals surface area contributed by atoms with Crippen LogP contribution in [0, 0.1) is 0 Å². The summed E-state index contributed by atoms with van der Waals surface area (Å²) in [7, 11) is 1.87. The summed E-state index contributed by atoms with van der Waals surface area (Å²) in [6, 6.07) is 7.73. The van der Waals surface area contributed by atoms with Gasteiger partial charge in [-0.2, -0.15) is 9.78 Å². The Balaban J connectivity index is 1.72. The minimum absolute atomic E-state index is 0.192. The summed E-state index contributed by atoms with van der Waals surface area (Å²) in [4.78, 5) is 21.9. The molecule has 1 aliphatic heterocycles. The van der Waals surface area contributed by atoms with Crippen LogP contribution in [0.3, 0.4) is 0 Å². The van der Waals surface area contributed by atoms with Gasteiger partial charge in [0.15, 0.2) is 0 Å². The Labute approximate surface area is 156 Å². The molecule has 0 spiro atoms. The van der Waals surface area contributed by atoms with Crippen molar-refractivity contribution in [2.75, 3.05) is 37.6 Å². The van der Waals surface area contributed by atoms with Gasteiger partial charge in [0, 0.05) is 33.2 Å². The standard InChI is InChI=1S/C18H21ClN6O/c1-3-23-8-10-24(11-9-23)15-12-20-25(17(26)16(15)19)18-21-13-6-4-5-7-14(13)22(18)2/h4-7,12H,3,8-11H2,1-2H3. The molecule has 0 bridgehead atoms. The Morgan fingerprint density at radius 3 is 2.58 bits per heavy atom. The Hall–Kier alpha value is -2.38. The molecule has 1 aliphatic rings. The molecule has 1 saturated heterocycles. The molecule has 0 unspecified atom stereocenters. The Kier molecular flexibility index (Phi) is 4.42. The summed E-state index contributed by atoms with van der Waals surface area (Å²) in [5.41, 5.74) is 2.10. The lowest BCUT2D eigenvalue weighted by atomic mass is 10.3. The summed E-state index contributed by atoms with van der Waals surface area (Å²) in [6.07, 6.45) is 1.67. The zero-order valence-electron chi connectivity index (χ0n) is 14.9. The van der Waals surface area contributed by atoms with Gasteiger partial charge in [0.2, 0.25) is 5.95 Å². The summed E-state index contributed by atoms with van der Waals surface area (Å²) >= 11 is 6.44. The SMILES string of the molecule is CCN1CCN(c2cnn(-c3nc4ccccc4n3C)c(=O)c2Cl)CC1. The van der Waals surface area contributed by atoms with Crippen molar-refractivity contribution in [3.8, 4) is 5.95 Å². The van der Waals surface area contributed by atoms with Crippen LogP contribution in [0.2, 0.25) is 5.02 Å². The van der Waals surface area contributed by atoms with Gasteiger partial charge < -0.3 is 14.4 Å². The number of anilines is 1. The third-order valence-corrected chi connectivity index (χ3v) is 5.37. The third-order valence-electron chi connectivity index (χ3n) is 5.01. The van der Waals surface area contributed by atoms with Crippen LogP contribution in [0.25, 0.3) is 17.0 Å². The van der Waals surface area contributed by atoms with Gasteiger partial charge >= 0.3 is 0 Å². The molecule has 8 heteroatoms. The number of halogens is 1. The largest absolute Gasteiger partial charge is 0.366 e. The van der Waals surface area contributed by atoms with E-state index in [1.165, 1.54) is 4.68 Å². The number of hydrogen-bond donors (Lipinski definition) is 0. The van der Waals surface area contributed by atoms with E-state index in [4.69, 9.17) is 11.6 Å². The molecule has 1 aromatic carbocycles. The molecular formula is C18H21ClN6O. The van der Waals surface area contributed by atoms with E-state index in [0.29, 0.717) is 11.6 Å². The zero-order valence-corrected chi connectivity index (χ0v) is 15.6. The van der Waals surface area contributed by atoms with Gasteiger partial charge in [-0.05, 0) is 18.7 Å². The number of nitrogens with zero attached hydrogens (tertiary/aromatic N) is 6. The first-order chi connectivity index (χ1) is 12.6.